The van der Waals surface area contributed by atoms with Crippen molar-refractivity contribution in [2.75, 3.05) is 0 Å². The van der Waals surface area contributed by atoms with Gasteiger partial charge in [0.1, 0.15) is 5.82 Å². The highest BCUT2D eigenvalue weighted by molar-refractivity contribution is 5.77. The molecule has 1 aromatic heterocycles. The molecule has 2 N–H and O–H groups in total. The smallest absolute Gasteiger partial charge is 0.112 e. The molecular weight excluding hydrogens is 246 g/mol. The number of aryl methyl sites for hydroxylation is 1. The molecule has 3 nitrogen and oxygen atoms in total. The van der Waals surface area contributed by atoms with Crippen molar-refractivity contribution >= 4 is 11.0 Å². The molecule has 2 aliphatic rings. The molecule has 0 aliphatic heterocycles. The van der Waals surface area contributed by atoms with Crippen LogP contribution in [0.1, 0.15) is 61.7 Å². The summed E-state index contributed by atoms with van der Waals surface area (Å²) in [6.07, 6.45) is 7.43. The number of nitrogens with zero attached hydrogens (tertiary/aromatic N) is 2. The van der Waals surface area contributed by atoms with E-state index in [1.807, 2.05) is 0 Å². The second-order valence-corrected chi connectivity index (χ2v) is 6.66. The summed E-state index contributed by atoms with van der Waals surface area (Å²) in [5, 5.41) is 0. The number of hydrogen-bond donors (Lipinski definition) is 1. The van der Waals surface area contributed by atoms with Crippen molar-refractivity contribution in [3.05, 3.63) is 29.6 Å². The number of aromatic nitrogens is 2. The van der Waals surface area contributed by atoms with E-state index in [9.17, 15) is 0 Å². The van der Waals surface area contributed by atoms with Crippen molar-refractivity contribution < 1.29 is 0 Å². The lowest BCUT2D eigenvalue weighted by Gasteiger charge is -2.26. The third-order valence-electron chi connectivity index (χ3n) is 5.13. The van der Waals surface area contributed by atoms with Gasteiger partial charge in [-0.25, -0.2) is 4.98 Å². The fourth-order valence-corrected chi connectivity index (χ4v) is 3.64. The van der Waals surface area contributed by atoms with E-state index in [2.05, 4.69) is 29.8 Å². The molecule has 3 heteroatoms. The first-order valence-corrected chi connectivity index (χ1v) is 7.94. The predicted molar refractivity (Wildman–Crippen MR) is 81.9 cm³/mol. The Morgan fingerprint density at radius 2 is 1.75 bits per heavy atom. The molecule has 4 rings (SSSR count). The molecule has 0 saturated heterocycles. The van der Waals surface area contributed by atoms with Crippen LogP contribution in [0.2, 0.25) is 0 Å². The maximum absolute atomic E-state index is 6.02. The van der Waals surface area contributed by atoms with Gasteiger partial charge < -0.3 is 10.3 Å². The molecule has 20 heavy (non-hydrogen) atoms. The molecular formula is C17H23N3. The fourth-order valence-electron chi connectivity index (χ4n) is 3.64. The van der Waals surface area contributed by atoms with Crippen LogP contribution in [0.15, 0.2) is 18.2 Å². The highest BCUT2D eigenvalue weighted by atomic mass is 15.1. The average molecular weight is 269 g/mol. The van der Waals surface area contributed by atoms with Crippen LogP contribution in [0.4, 0.5) is 0 Å². The van der Waals surface area contributed by atoms with Gasteiger partial charge >= 0.3 is 0 Å². The van der Waals surface area contributed by atoms with E-state index in [4.69, 9.17) is 10.7 Å². The highest BCUT2D eigenvalue weighted by Gasteiger charge is 2.29. The Bertz CT molecular complexity index is 631. The molecule has 0 radical (unpaired) electrons. The summed E-state index contributed by atoms with van der Waals surface area (Å²) in [5.74, 6) is 2.69. The number of hydrogen-bond acceptors (Lipinski definition) is 2. The van der Waals surface area contributed by atoms with Gasteiger partial charge in [0.05, 0.1) is 11.0 Å². The van der Waals surface area contributed by atoms with Gasteiger partial charge in [-0.3, -0.25) is 0 Å². The second kappa shape index (κ2) is 4.59. The maximum atomic E-state index is 6.02. The Hall–Kier alpha value is -1.35. The molecule has 0 spiro atoms. The van der Waals surface area contributed by atoms with Crippen LogP contribution in [0.5, 0.6) is 0 Å². The van der Waals surface area contributed by atoms with Crippen LogP contribution in [-0.4, -0.2) is 15.6 Å². The van der Waals surface area contributed by atoms with E-state index >= 15 is 0 Å². The minimum absolute atomic E-state index is 0.424. The van der Waals surface area contributed by atoms with Crippen LogP contribution in [-0.2, 0) is 7.05 Å². The second-order valence-electron chi connectivity index (χ2n) is 6.66. The van der Waals surface area contributed by atoms with Crippen molar-refractivity contribution in [1.29, 1.82) is 0 Å². The van der Waals surface area contributed by atoms with Crippen LogP contribution in [0, 0.1) is 0 Å². The van der Waals surface area contributed by atoms with Gasteiger partial charge in [0.2, 0.25) is 0 Å². The normalized spacial score (nSPS) is 27.1. The summed E-state index contributed by atoms with van der Waals surface area (Å²) in [5.41, 5.74) is 9.96. The Kier molecular flexibility index (Phi) is 2.84. The molecule has 2 fully saturated rings. The molecule has 2 aromatic rings. The minimum Gasteiger partial charge on any atom is -0.331 e. The zero-order chi connectivity index (χ0) is 13.7. The largest absolute Gasteiger partial charge is 0.331 e. The predicted octanol–water partition coefficient (Wildman–Crippen LogP) is 3.44. The van der Waals surface area contributed by atoms with E-state index in [0.717, 1.165) is 5.52 Å². The van der Waals surface area contributed by atoms with Crippen molar-refractivity contribution in [1.82, 2.24) is 9.55 Å². The number of rotatable bonds is 2. The maximum Gasteiger partial charge on any atom is 0.112 e. The molecule has 0 amide bonds. The first-order valence-electron chi connectivity index (χ1n) is 7.94. The summed E-state index contributed by atoms with van der Waals surface area (Å²) in [6.45, 7) is 0. The third kappa shape index (κ3) is 2.05. The van der Waals surface area contributed by atoms with E-state index in [1.165, 1.54) is 55.4 Å². The summed E-state index contributed by atoms with van der Waals surface area (Å²) >= 11 is 0. The third-order valence-corrected chi connectivity index (χ3v) is 5.13. The minimum atomic E-state index is 0.424. The monoisotopic (exact) mass is 269 g/mol. The Morgan fingerprint density at radius 1 is 1.05 bits per heavy atom. The summed E-state index contributed by atoms with van der Waals surface area (Å²) in [4.78, 5) is 4.82. The SMILES string of the molecule is Cn1c(C2CC2)nc2ccc(C3CCC(N)CC3)cc21. The van der Waals surface area contributed by atoms with Gasteiger partial charge in [-0.1, -0.05) is 6.07 Å². The number of imidazole rings is 1. The van der Waals surface area contributed by atoms with Crippen molar-refractivity contribution in [3.63, 3.8) is 0 Å². The molecule has 1 aromatic carbocycles. The molecule has 1 heterocycles. The molecule has 0 unspecified atom stereocenters. The van der Waals surface area contributed by atoms with Crippen molar-refractivity contribution in [3.8, 4) is 0 Å². The van der Waals surface area contributed by atoms with Crippen molar-refractivity contribution in [2.45, 2.75) is 56.4 Å². The molecule has 106 valence electrons. The van der Waals surface area contributed by atoms with E-state index in [-0.39, 0.29) is 0 Å². The van der Waals surface area contributed by atoms with Gasteiger partial charge in [-0.05, 0) is 62.1 Å². The average Bonchev–Trinajstić information content (AvgIpc) is 3.25. The summed E-state index contributed by atoms with van der Waals surface area (Å²) in [7, 11) is 2.17. The Labute approximate surface area is 120 Å². The highest BCUT2D eigenvalue weighted by Crippen LogP contribution is 2.41. The zero-order valence-electron chi connectivity index (χ0n) is 12.2. The van der Waals surface area contributed by atoms with Gasteiger partial charge in [-0.2, -0.15) is 0 Å². The first kappa shape index (κ1) is 12.4. The van der Waals surface area contributed by atoms with Gasteiger partial charge in [0.15, 0.2) is 0 Å². The lowest BCUT2D eigenvalue weighted by molar-refractivity contribution is 0.396. The van der Waals surface area contributed by atoms with Crippen LogP contribution < -0.4 is 5.73 Å². The van der Waals surface area contributed by atoms with Crippen LogP contribution in [0.3, 0.4) is 0 Å². The lowest BCUT2D eigenvalue weighted by atomic mass is 9.82. The standard InChI is InChI=1S/C17H23N3/c1-20-16-10-13(11-4-7-14(18)8-5-11)6-9-15(16)19-17(20)12-2-3-12/h6,9-12,14H,2-5,7-8,18H2,1H3. The number of fused-ring (bicyclic) bond motifs is 1. The van der Waals surface area contributed by atoms with Gasteiger partial charge in [0.25, 0.3) is 0 Å². The van der Waals surface area contributed by atoms with Crippen molar-refractivity contribution in [2.24, 2.45) is 12.8 Å². The lowest BCUT2D eigenvalue weighted by Crippen LogP contribution is -2.25. The van der Waals surface area contributed by atoms with Crippen LogP contribution in [0.25, 0.3) is 11.0 Å². The zero-order valence-corrected chi connectivity index (χ0v) is 12.2. The van der Waals surface area contributed by atoms with E-state index < -0.39 is 0 Å². The molecule has 2 saturated carbocycles. The molecule has 2 aliphatic carbocycles. The fraction of sp³-hybridized carbons (Fsp3) is 0.588. The Balaban J connectivity index is 1.69. The van der Waals surface area contributed by atoms with Gasteiger partial charge in [0, 0.05) is 19.0 Å². The quantitative estimate of drug-likeness (QED) is 0.907. The molecule has 0 bridgehead atoms. The summed E-state index contributed by atoms with van der Waals surface area (Å²) < 4.78 is 2.31. The molecule has 0 atom stereocenters. The van der Waals surface area contributed by atoms with E-state index in [1.54, 1.807) is 0 Å². The van der Waals surface area contributed by atoms with Crippen LogP contribution >= 0.6 is 0 Å². The first-order chi connectivity index (χ1) is 9.72. The number of nitrogens with two attached hydrogens (primary N) is 1. The Morgan fingerprint density at radius 3 is 2.45 bits per heavy atom. The summed E-state index contributed by atoms with van der Waals surface area (Å²) in [6, 6.07) is 7.29. The topological polar surface area (TPSA) is 43.8 Å². The van der Waals surface area contributed by atoms with E-state index in [0.29, 0.717) is 17.9 Å². The number of benzene rings is 1. The van der Waals surface area contributed by atoms with Gasteiger partial charge in [-0.15, -0.1) is 0 Å².